The number of hydrogen-bond acceptors (Lipinski definition) is 5. The van der Waals surface area contributed by atoms with Crippen molar-refractivity contribution in [3.05, 3.63) is 11.1 Å². The first-order chi connectivity index (χ1) is 9.27. The van der Waals surface area contributed by atoms with E-state index in [-0.39, 0.29) is 16.7 Å². The molecular weight excluding hydrogens is 297 g/mol. The van der Waals surface area contributed by atoms with Crippen molar-refractivity contribution in [2.75, 3.05) is 5.32 Å². The van der Waals surface area contributed by atoms with E-state index in [9.17, 15) is 22.8 Å². The van der Waals surface area contributed by atoms with E-state index in [0.29, 0.717) is 12.8 Å². The largest absolute Gasteiger partial charge is 0.448 e. The first-order valence-corrected chi connectivity index (χ1v) is 6.66. The molecule has 20 heavy (non-hydrogen) atoms. The molecule has 1 amide bonds. The van der Waals surface area contributed by atoms with Gasteiger partial charge in [0.25, 0.3) is 0 Å². The Balaban J connectivity index is 2.03. The van der Waals surface area contributed by atoms with Crippen LogP contribution >= 0.6 is 11.3 Å². The minimum atomic E-state index is -4.58. The zero-order chi connectivity index (χ0) is 14.9. The standard InChI is InChI=1S/C11H11F3N2O3S/c1-5(17)15-10-16-7(4-20-10)9(18)19-8(6-2-3-6)11(12,13)14/h4,6,8H,2-3H2,1H3,(H,15,16,17)/t8-/m0/s1. The second-order valence-electron chi connectivity index (χ2n) is 4.42. The molecule has 0 spiro atoms. The number of nitrogens with one attached hydrogen (secondary N) is 1. The average molecular weight is 308 g/mol. The summed E-state index contributed by atoms with van der Waals surface area (Å²) >= 11 is 0.940. The van der Waals surface area contributed by atoms with Crippen molar-refractivity contribution in [2.45, 2.75) is 32.0 Å². The van der Waals surface area contributed by atoms with Gasteiger partial charge in [0.2, 0.25) is 5.91 Å². The SMILES string of the molecule is CC(=O)Nc1nc(C(=O)O[C@@H](C2CC2)C(F)(F)F)cs1. The van der Waals surface area contributed by atoms with Gasteiger partial charge in [-0.25, -0.2) is 9.78 Å². The predicted octanol–water partition coefficient (Wildman–Crippen LogP) is 2.60. The molecule has 1 N–H and O–H groups in total. The third-order valence-electron chi connectivity index (χ3n) is 2.60. The summed E-state index contributed by atoms with van der Waals surface area (Å²) in [5.41, 5.74) is -0.242. The van der Waals surface area contributed by atoms with E-state index in [1.807, 2.05) is 0 Å². The number of amides is 1. The molecule has 1 heterocycles. The number of anilines is 1. The number of rotatable bonds is 4. The van der Waals surface area contributed by atoms with Gasteiger partial charge in [0.05, 0.1) is 0 Å². The number of hydrogen-bond donors (Lipinski definition) is 1. The number of carbonyl (C=O) groups excluding carboxylic acids is 2. The summed E-state index contributed by atoms with van der Waals surface area (Å²) in [6, 6.07) is 0. The molecule has 0 unspecified atom stereocenters. The van der Waals surface area contributed by atoms with Crippen molar-refractivity contribution in [1.29, 1.82) is 0 Å². The Labute approximate surface area is 116 Å². The molecule has 1 aliphatic carbocycles. The molecule has 5 nitrogen and oxygen atoms in total. The van der Waals surface area contributed by atoms with Gasteiger partial charge in [-0.1, -0.05) is 0 Å². The van der Waals surface area contributed by atoms with Crippen molar-refractivity contribution in [3.8, 4) is 0 Å². The van der Waals surface area contributed by atoms with Crippen LogP contribution in [0, 0.1) is 5.92 Å². The molecule has 9 heteroatoms. The smallest absolute Gasteiger partial charge is 0.425 e. The Hall–Kier alpha value is -1.64. The van der Waals surface area contributed by atoms with Crippen LogP contribution in [-0.2, 0) is 9.53 Å². The third kappa shape index (κ3) is 3.69. The highest BCUT2D eigenvalue weighted by atomic mass is 32.1. The Morgan fingerprint density at radius 2 is 2.15 bits per heavy atom. The Bertz CT molecular complexity index is 525. The predicted molar refractivity (Wildman–Crippen MR) is 64.4 cm³/mol. The maximum absolute atomic E-state index is 12.7. The molecule has 1 atom stereocenters. The maximum atomic E-state index is 12.7. The second-order valence-corrected chi connectivity index (χ2v) is 5.28. The Kier molecular flexibility index (Phi) is 3.98. The van der Waals surface area contributed by atoms with Gasteiger partial charge in [-0.05, 0) is 12.8 Å². The number of halogens is 3. The van der Waals surface area contributed by atoms with E-state index in [1.54, 1.807) is 0 Å². The van der Waals surface area contributed by atoms with Crippen LogP contribution in [0.15, 0.2) is 5.38 Å². The lowest BCUT2D eigenvalue weighted by Crippen LogP contribution is -2.35. The molecule has 0 aliphatic heterocycles. The molecule has 1 aromatic heterocycles. The number of alkyl halides is 3. The second kappa shape index (κ2) is 5.39. The van der Waals surface area contributed by atoms with Gasteiger partial charge in [0.15, 0.2) is 16.9 Å². The van der Waals surface area contributed by atoms with Crippen molar-refractivity contribution in [2.24, 2.45) is 5.92 Å². The molecule has 1 fully saturated rings. The summed E-state index contributed by atoms with van der Waals surface area (Å²) in [5, 5.41) is 3.72. The Morgan fingerprint density at radius 3 is 2.65 bits per heavy atom. The maximum Gasteiger partial charge on any atom is 0.425 e. The van der Waals surface area contributed by atoms with Gasteiger partial charge in [-0.3, -0.25) is 4.79 Å². The van der Waals surface area contributed by atoms with Gasteiger partial charge >= 0.3 is 12.1 Å². The number of nitrogens with zero attached hydrogens (tertiary/aromatic N) is 1. The number of esters is 1. The molecular formula is C11H11F3N2O3S. The van der Waals surface area contributed by atoms with Gasteiger partial charge in [0.1, 0.15) is 0 Å². The lowest BCUT2D eigenvalue weighted by atomic mass is 10.2. The summed E-state index contributed by atoms with van der Waals surface area (Å²) in [6.07, 6.45) is -5.87. The highest BCUT2D eigenvalue weighted by Crippen LogP contribution is 2.42. The summed E-state index contributed by atoms with van der Waals surface area (Å²) in [7, 11) is 0. The van der Waals surface area contributed by atoms with Gasteiger partial charge in [0, 0.05) is 18.2 Å². The minimum Gasteiger partial charge on any atom is -0.448 e. The van der Waals surface area contributed by atoms with Crippen LogP contribution in [0.4, 0.5) is 18.3 Å². The quantitative estimate of drug-likeness (QED) is 0.868. The average Bonchev–Trinajstić information content (AvgIpc) is 3.03. The number of ether oxygens (including phenoxy) is 1. The van der Waals surface area contributed by atoms with E-state index in [4.69, 9.17) is 0 Å². The van der Waals surface area contributed by atoms with Crippen LogP contribution in [0.5, 0.6) is 0 Å². The molecule has 0 saturated heterocycles. The molecule has 0 radical (unpaired) electrons. The number of carbonyl (C=O) groups is 2. The molecule has 0 aromatic carbocycles. The van der Waals surface area contributed by atoms with Crippen LogP contribution in [0.1, 0.15) is 30.3 Å². The van der Waals surface area contributed by atoms with Crippen LogP contribution < -0.4 is 5.32 Å². The van der Waals surface area contributed by atoms with E-state index < -0.39 is 24.2 Å². The van der Waals surface area contributed by atoms with Crippen molar-refractivity contribution in [1.82, 2.24) is 4.98 Å². The molecule has 0 bridgehead atoms. The van der Waals surface area contributed by atoms with E-state index in [0.717, 1.165) is 11.3 Å². The van der Waals surface area contributed by atoms with Gasteiger partial charge < -0.3 is 10.1 Å². The van der Waals surface area contributed by atoms with E-state index in [2.05, 4.69) is 15.0 Å². The van der Waals surface area contributed by atoms with Crippen LogP contribution in [0.25, 0.3) is 0 Å². The topological polar surface area (TPSA) is 68.3 Å². The lowest BCUT2D eigenvalue weighted by molar-refractivity contribution is -0.210. The zero-order valence-electron chi connectivity index (χ0n) is 10.4. The Morgan fingerprint density at radius 1 is 1.50 bits per heavy atom. The summed E-state index contributed by atoms with van der Waals surface area (Å²) in [6.45, 7) is 1.26. The van der Waals surface area contributed by atoms with Gasteiger partial charge in [-0.15, -0.1) is 11.3 Å². The highest BCUT2D eigenvalue weighted by molar-refractivity contribution is 7.14. The van der Waals surface area contributed by atoms with Crippen molar-refractivity contribution < 1.29 is 27.5 Å². The fourth-order valence-corrected chi connectivity index (χ4v) is 2.31. The lowest BCUT2D eigenvalue weighted by Gasteiger charge is -2.19. The summed E-state index contributed by atoms with van der Waals surface area (Å²) < 4.78 is 42.6. The molecule has 1 aliphatic rings. The number of thiazole rings is 1. The van der Waals surface area contributed by atoms with Crippen molar-refractivity contribution in [3.63, 3.8) is 0 Å². The fourth-order valence-electron chi connectivity index (χ4n) is 1.58. The summed E-state index contributed by atoms with van der Waals surface area (Å²) in [5.74, 6) is -2.18. The summed E-state index contributed by atoms with van der Waals surface area (Å²) in [4.78, 5) is 26.1. The van der Waals surface area contributed by atoms with Crippen LogP contribution in [0.3, 0.4) is 0 Å². The normalized spacial score (nSPS) is 16.6. The minimum absolute atomic E-state index is 0.138. The van der Waals surface area contributed by atoms with Crippen LogP contribution in [-0.4, -0.2) is 29.1 Å². The molecule has 2 rings (SSSR count). The van der Waals surface area contributed by atoms with Crippen LogP contribution in [0.2, 0.25) is 0 Å². The van der Waals surface area contributed by atoms with E-state index in [1.165, 1.54) is 12.3 Å². The third-order valence-corrected chi connectivity index (χ3v) is 3.36. The molecule has 1 aromatic rings. The zero-order valence-corrected chi connectivity index (χ0v) is 11.2. The monoisotopic (exact) mass is 308 g/mol. The first kappa shape index (κ1) is 14.8. The van der Waals surface area contributed by atoms with E-state index >= 15 is 0 Å². The van der Waals surface area contributed by atoms with Gasteiger partial charge in [-0.2, -0.15) is 13.2 Å². The first-order valence-electron chi connectivity index (χ1n) is 5.78. The fraction of sp³-hybridized carbons (Fsp3) is 0.545. The molecule has 1 saturated carbocycles. The van der Waals surface area contributed by atoms with Crippen molar-refractivity contribution >= 4 is 28.3 Å². The highest BCUT2D eigenvalue weighted by Gasteiger charge is 2.52. The molecule has 110 valence electrons. The number of aromatic nitrogens is 1.